The van der Waals surface area contributed by atoms with E-state index in [1.807, 2.05) is 41.3 Å². The van der Waals surface area contributed by atoms with Crippen molar-refractivity contribution in [3.63, 3.8) is 0 Å². The van der Waals surface area contributed by atoms with Crippen molar-refractivity contribution in [3.8, 4) is 0 Å². The lowest BCUT2D eigenvalue weighted by molar-refractivity contribution is -0.150. The Hall–Kier alpha value is -2.09. The van der Waals surface area contributed by atoms with E-state index in [-0.39, 0.29) is 18.0 Å². The molecule has 0 spiro atoms. The molecule has 1 aliphatic heterocycles. The molecule has 1 aliphatic rings. The van der Waals surface area contributed by atoms with Crippen LogP contribution in [0.15, 0.2) is 60.7 Å². The number of nitrogens with zero attached hydrogens (tertiary/aromatic N) is 1. The SMILES string of the molecule is C[C@@H](c1ccccc1)N1C(=O)C[C@@H]1c1ccccc1. The molecule has 0 unspecified atom stereocenters. The lowest BCUT2D eigenvalue weighted by Gasteiger charge is -2.45. The van der Waals surface area contributed by atoms with Crippen molar-refractivity contribution in [2.45, 2.75) is 25.4 Å². The Kier molecular flexibility index (Phi) is 3.08. The quantitative estimate of drug-likeness (QED) is 0.761. The molecule has 0 aliphatic carbocycles. The Labute approximate surface area is 113 Å². The van der Waals surface area contributed by atoms with Gasteiger partial charge in [-0.3, -0.25) is 4.79 Å². The van der Waals surface area contributed by atoms with E-state index in [0.29, 0.717) is 6.42 Å². The molecule has 0 N–H and O–H groups in total. The molecule has 96 valence electrons. The summed E-state index contributed by atoms with van der Waals surface area (Å²) in [5, 5.41) is 0. The molecule has 2 heteroatoms. The van der Waals surface area contributed by atoms with Crippen LogP contribution in [0, 0.1) is 0 Å². The zero-order valence-electron chi connectivity index (χ0n) is 11.0. The Morgan fingerprint density at radius 1 is 1.00 bits per heavy atom. The molecule has 3 rings (SSSR count). The fraction of sp³-hybridized carbons (Fsp3) is 0.235. The average molecular weight is 251 g/mol. The number of likely N-dealkylation sites (tertiary alicyclic amines) is 1. The maximum atomic E-state index is 12.0. The Bertz CT molecular complexity index is 523. The minimum Gasteiger partial charge on any atom is -0.328 e. The Morgan fingerprint density at radius 2 is 1.58 bits per heavy atom. The highest BCUT2D eigenvalue weighted by atomic mass is 16.2. The minimum atomic E-state index is 0.132. The van der Waals surface area contributed by atoms with Crippen LogP contribution in [0.25, 0.3) is 0 Å². The predicted molar refractivity (Wildman–Crippen MR) is 75.5 cm³/mol. The molecule has 0 aromatic heterocycles. The van der Waals surface area contributed by atoms with Gasteiger partial charge in [-0.15, -0.1) is 0 Å². The van der Waals surface area contributed by atoms with E-state index in [0.717, 1.165) is 0 Å². The van der Waals surface area contributed by atoms with Gasteiger partial charge in [0.2, 0.25) is 5.91 Å². The van der Waals surface area contributed by atoms with Crippen molar-refractivity contribution in [2.75, 3.05) is 0 Å². The summed E-state index contributed by atoms with van der Waals surface area (Å²) in [5.41, 5.74) is 2.42. The maximum absolute atomic E-state index is 12.0. The molecular weight excluding hydrogens is 234 g/mol. The summed E-state index contributed by atoms with van der Waals surface area (Å²) in [6, 6.07) is 20.8. The van der Waals surface area contributed by atoms with Crippen LogP contribution in [0.2, 0.25) is 0 Å². The first-order valence-electron chi connectivity index (χ1n) is 6.68. The molecule has 2 aromatic rings. The number of amides is 1. The van der Waals surface area contributed by atoms with Gasteiger partial charge in [-0.2, -0.15) is 0 Å². The van der Waals surface area contributed by atoms with Gasteiger partial charge in [-0.05, 0) is 18.1 Å². The molecule has 19 heavy (non-hydrogen) atoms. The monoisotopic (exact) mass is 251 g/mol. The van der Waals surface area contributed by atoms with E-state index in [1.54, 1.807) is 0 Å². The standard InChI is InChI=1S/C17H17NO/c1-13(14-8-4-2-5-9-14)18-16(12-17(18)19)15-10-6-3-7-11-15/h2-11,13,16H,12H2,1H3/t13-,16+/m0/s1. The second-order valence-electron chi connectivity index (χ2n) is 5.02. The van der Waals surface area contributed by atoms with Gasteiger partial charge >= 0.3 is 0 Å². The first-order valence-corrected chi connectivity index (χ1v) is 6.68. The number of hydrogen-bond donors (Lipinski definition) is 0. The van der Waals surface area contributed by atoms with Gasteiger partial charge in [0, 0.05) is 0 Å². The number of carbonyl (C=O) groups is 1. The van der Waals surface area contributed by atoms with Crippen LogP contribution in [0.5, 0.6) is 0 Å². The van der Waals surface area contributed by atoms with Crippen LogP contribution >= 0.6 is 0 Å². The zero-order chi connectivity index (χ0) is 13.2. The molecule has 1 amide bonds. The van der Waals surface area contributed by atoms with E-state index < -0.39 is 0 Å². The third-order valence-corrected chi connectivity index (χ3v) is 3.88. The molecule has 1 saturated heterocycles. The molecule has 2 aromatic carbocycles. The molecule has 1 heterocycles. The zero-order valence-corrected chi connectivity index (χ0v) is 11.0. The van der Waals surface area contributed by atoms with Crippen LogP contribution in [0.4, 0.5) is 0 Å². The first kappa shape index (κ1) is 12.0. The number of β-lactam (4-membered cyclic amide) rings is 1. The fourth-order valence-corrected chi connectivity index (χ4v) is 2.76. The lowest BCUT2D eigenvalue weighted by Crippen LogP contribution is -2.47. The number of benzene rings is 2. The third-order valence-electron chi connectivity index (χ3n) is 3.88. The van der Waals surface area contributed by atoms with Crippen LogP contribution < -0.4 is 0 Å². The summed E-state index contributed by atoms with van der Waals surface area (Å²) in [7, 11) is 0. The molecular formula is C17H17NO. The highest BCUT2D eigenvalue weighted by Gasteiger charge is 2.40. The topological polar surface area (TPSA) is 20.3 Å². The van der Waals surface area contributed by atoms with Gasteiger partial charge in [0.15, 0.2) is 0 Å². The van der Waals surface area contributed by atoms with Crippen LogP contribution in [-0.2, 0) is 4.79 Å². The first-order chi connectivity index (χ1) is 9.27. The van der Waals surface area contributed by atoms with E-state index in [4.69, 9.17) is 0 Å². The molecule has 0 saturated carbocycles. The summed E-state index contributed by atoms with van der Waals surface area (Å²) in [6.45, 7) is 2.10. The third kappa shape index (κ3) is 2.14. The van der Waals surface area contributed by atoms with Crippen molar-refractivity contribution < 1.29 is 4.79 Å². The van der Waals surface area contributed by atoms with Gasteiger partial charge < -0.3 is 4.90 Å². The average Bonchev–Trinajstić information content (AvgIpc) is 2.46. The van der Waals surface area contributed by atoms with Crippen molar-refractivity contribution in [3.05, 3.63) is 71.8 Å². The second-order valence-corrected chi connectivity index (χ2v) is 5.02. The van der Waals surface area contributed by atoms with E-state index in [2.05, 4.69) is 31.2 Å². The summed E-state index contributed by atoms with van der Waals surface area (Å²) < 4.78 is 0. The number of rotatable bonds is 3. The number of carbonyl (C=O) groups excluding carboxylic acids is 1. The summed E-state index contributed by atoms with van der Waals surface area (Å²) in [5.74, 6) is 0.241. The number of hydrogen-bond acceptors (Lipinski definition) is 1. The van der Waals surface area contributed by atoms with E-state index in [9.17, 15) is 4.79 Å². The molecule has 1 fully saturated rings. The fourth-order valence-electron chi connectivity index (χ4n) is 2.76. The van der Waals surface area contributed by atoms with Crippen LogP contribution in [0.1, 0.15) is 36.6 Å². The Balaban J connectivity index is 1.85. The Morgan fingerprint density at radius 3 is 2.16 bits per heavy atom. The van der Waals surface area contributed by atoms with Gasteiger partial charge in [-0.1, -0.05) is 60.7 Å². The summed E-state index contributed by atoms with van der Waals surface area (Å²) in [4.78, 5) is 13.9. The second kappa shape index (κ2) is 4.88. The van der Waals surface area contributed by atoms with Crippen molar-refractivity contribution >= 4 is 5.91 Å². The molecule has 2 nitrogen and oxygen atoms in total. The van der Waals surface area contributed by atoms with Gasteiger partial charge in [0.1, 0.15) is 0 Å². The van der Waals surface area contributed by atoms with Crippen molar-refractivity contribution in [2.24, 2.45) is 0 Å². The van der Waals surface area contributed by atoms with Crippen LogP contribution in [-0.4, -0.2) is 10.8 Å². The van der Waals surface area contributed by atoms with Crippen molar-refractivity contribution in [1.82, 2.24) is 4.90 Å². The lowest BCUT2D eigenvalue weighted by atomic mass is 9.90. The molecule has 2 atom stereocenters. The maximum Gasteiger partial charge on any atom is 0.226 e. The van der Waals surface area contributed by atoms with Gasteiger partial charge in [-0.25, -0.2) is 0 Å². The van der Waals surface area contributed by atoms with Gasteiger partial charge in [0.05, 0.1) is 18.5 Å². The molecule has 0 bridgehead atoms. The minimum absolute atomic E-state index is 0.132. The summed E-state index contributed by atoms with van der Waals surface area (Å²) >= 11 is 0. The van der Waals surface area contributed by atoms with E-state index >= 15 is 0 Å². The van der Waals surface area contributed by atoms with E-state index in [1.165, 1.54) is 11.1 Å². The molecule has 0 radical (unpaired) electrons. The van der Waals surface area contributed by atoms with Crippen molar-refractivity contribution in [1.29, 1.82) is 0 Å². The smallest absolute Gasteiger partial charge is 0.226 e. The van der Waals surface area contributed by atoms with Crippen LogP contribution in [0.3, 0.4) is 0 Å². The largest absolute Gasteiger partial charge is 0.328 e. The normalized spacial score (nSPS) is 19.9. The van der Waals surface area contributed by atoms with Gasteiger partial charge in [0.25, 0.3) is 0 Å². The summed E-state index contributed by atoms with van der Waals surface area (Å²) in [6.07, 6.45) is 0.626. The highest BCUT2D eigenvalue weighted by Crippen LogP contribution is 2.40. The highest BCUT2D eigenvalue weighted by molar-refractivity contribution is 5.84. The predicted octanol–water partition coefficient (Wildman–Crippen LogP) is 3.72.